The molecule has 19 heavy (non-hydrogen) atoms. The normalized spacial score (nSPS) is 12.5. The molecule has 0 spiro atoms. The van der Waals surface area contributed by atoms with Gasteiger partial charge in [0.15, 0.2) is 0 Å². The van der Waals surface area contributed by atoms with Gasteiger partial charge in [0.25, 0.3) is 0 Å². The van der Waals surface area contributed by atoms with Crippen molar-refractivity contribution in [3.63, 3.8) is 0 Å². The molecule has 0 radical (unpaired) electrons. The molecule has 100 valence electrons. The number of para-hydroxylation sites is 1. The van der Waals surface area contributed by atoms with Crippen LogP contribution in [0.3, 0.4) is 0 Å². The van der Waals surface area contributed by atoms with E-state index < -0.39 is 0 Å². The predicted octanol–water partition coefficient (Wildman–Crippen LogP) is 3.63. The van der Waals surface area contributed by atoms with Crippen LogP contribution >= 0.6 is 0 Å². The van der Waals surface area contributed by atoms with Crippen LogP contribution in [-0.4, -0.2) is 9.55 Å². The molecule has 2 rings (SSSR count). The third kappa shape index (κ3) is 2.55. The Morgan fingerprint density at radius 1 is 1.42 bits per heavy atom. The first-order valence-corrected chi connectivity index (χ1v) is 6.85. The van der Waals surface area contributed by atoms with E-state index in [0.29, 0.717) is 23.1 Å². The number of nitriles is 1. The van der Waals surface area contributed by atoms with Gasteiger partial charge in [0.2, 0.25) is 5.95 Å². The Morgan fingerprint density at radius 2 is 2.21 bits per heavy atom. The Hall–Kier alpha value is -2.02. The third-order valence-electron chi connectivity index (χ3n) is 3.53. The van der Waals surface area contributed by atoms with Crippen molar-refractivity contribution in [3.8, 4) is 6.07 Å². The fourth-order valence-corrected chi connectivity index (χ4v) is 2.51. The Kier molecular flexibility index (Phi) is 4.06. The number of fused-ring (bicyclic) bond motifs is 1. The molecule has 2 aromatic rings. The standard InChI is InChI=1S/C15H20N4/c1-3-4-5-7-11(2)19-13-9-6-8-12(10-16)14(13)18-15(19)17/h6,8-9,11H,3-5,7H2,1-2H3,(H2,17,18). The summed E-state index contributed by atoms with van der Waals surface area (Å²) in [6, 6.07) is 8.13. The summed E-state index contributed by atoms with van der Waals surface area (Å²) in [5.74, 6) is 0.502. The van der Waals surface area contributed by atoms with Gasteiger partial charge < -0.3 is 10.3 Å². The summed E-state index contributed by atoms with van der Waals surface area (Å²) >= 11 is 0. The first-order valence-electron chi connectivity index (χ1n) is 6.85. The van der Waals surface area contributed by atoms with Crippen LogP contribution in [0.2, 0.25) is 0 Å². The van der Waals surface area contributed by atoms with Crippen molar-refractivity contribution in [3.05, 3.63) is 23.8 Å². The fourth-order valence-electron chi connectivity index (χ4n) is 2.51. The van der Waals surface area contributed by atoms with Gasteiger partial charge in [-0.15, -0.1) is 0 Å². The Morgan fingerprint density at radius 3 is 2.89 bits per heavy atom. The molecule has 0 aliphatic rings. The number of hydrogen-bond donors (Lipinski definition) is 1. The van der Waals surface area contributed by atoms with E-state index in [9.17, 15) is 0 Å². The molecular formula is C15H20N4. The number of unbranched alkanes of at least 4 members (excludes halogenated alkanes) is 2. The molecule has 1 heterocycles. The van der Waals surface area contributed by atoms with E-state index in [0.717, 1.165) is 11.9 Å². The largest absolute Gasteiger partial charge is 0.369 e. The lowest BCUT2D eigenvalue weighted by molar-refractivity contribution is 0.492. The maximum atomic E-state index is 9.11. The van der Waals surface area contributed by atoms with Crippen LogP contribution in [0.5, 0.6) is 0 Å². The molecule has 0 aliphatic carbocycles. The molecule has 1 aromatic heterocycles. The highest BCUT2D eigenvalue weighted by atomic mass is 15.2. The van der Waals surface area contributed by atoms with Gasteiger partial charge in [-0.25, -0.2) is 4.98 Å². The predicted molar refractivity (Wildman–Crippen MR) is 77.7 cm³/mol. The third-order valence-corrected chi connectivity index (χ3v) is 3.53. The SMILES string of the molecule is CCCCCC(C)n1c(N)nc2c(C#N)cccc21. The average molecular weight is 256 g/mol. The Labute approximate surface area is 113 Å². The second kappa shape index (κ2) is 5.75. The van der Waals surface area contributed by atoms with Crippen LogP contribution in [0, 0.1) is 11.3 Å². The summed E-state index contributed by atoms with van der Waals surface area (Å²) in [6.45, 7) is 4.36. The van der Waals surface area contributed by atoms with Crippen molar-refractivity contribution in [2.45, 2.75) is 45.6 Å². The number of hydrogen-bond acceptors (Lipinski definition) is 3. The molecule has 1 aromatic carbocycles. The first kappa shape index (κ1) is 13.4. The highest BCUT2D eigenvalue weighted by molar-refractivity contribution is 5.84. The van der Waals surface area contributed by atoms with Crippen LogP contribution in [-0.2, 0) is 0 Å². The van der Waals surface area contributed by atoms with E-state index in [1.807, 2.05) is 16.7 Å². The number of nitrogens with two attached hydrogens (primary N) is 1. The van der Waals surface area contributed by atoms with Crippen LogP contribution in [0.4, 0.5) is 5.95 Å². The summed E-state index contributed by atoms with van der Waals surface area (Å²) in [7, 11) is 0. The van der Waals surface area contributed by atoms with E-state index in [1.165, 1.54) is 19.3 Å². The van der Waals surface area contributed by atoms with Crippen molar-refractivity contribution < 1.29 is 0 Å². The lowest BCUT2D eigenvalue weighted by Crippen LogP contribution is -2.08. The van der Waals surface area contributed by atoms with E-state index in [2.05, 4.69) is 24.9 Å². The molecule has 1 unspecified atom stereocenters. The number of benzene rings is 1. The molecule has 2 N–H and O–H groups in total. The van der Waals surface area contributed by atoms with Crippen molar-refractivity contribution in [2.24, 2.45) is 0 Å². The molecule has 0 aliphatic heterocycles. The summed E-state index contributed by atoms with van der Waals surface area (Å²) in [5.41, 5.74) is 8.28. The van der Waals surface area contributed by atoms with Gasteiger partial charge >= 0.3 is 0 Å². The summed E-state index contributed by atoms with van der Waals surface area (Å²) in [5, 5.41) is 9.11. The number of nitrogens with zero attached hydrogens (tertiary/aromatic N) is 3. The van der Waals surface area contributed by atoms with Crippen molar-refractivity contribution >= 4 is 17.0 Å². The smallest absolute Gasteiger partial charge is 0.201 e. The minimum absolute atomic E-state index is 0.311. The van der Waals surface area contributed by atoms with Gasteiger partial charge in [-0.05, 0) is 25.5 Å². The number of aromatic nitrogens is 2. The number of imidazole rings is 1. The van der Waals surface area contributed by atoms with Gasteiger partial charge in [-0.3, -0.25) is 0 Å². The lowest BCUT2D eigenvalue weighted by Gasteiger charge is -2.15. The Balaban J connectivity index is 2.38. The number of anilines is 1. The Bertz CT molecular complexity index is 606. The molecule has 0 saturated heterocycles. The lowest BCUT2D eigenvalue weighted by atomic mass is 10.1. The molecule has 0 fully saturated rings. The summed E-state index contributed by atoms with van der Waals surface area (Å²) < 4.78 is 2.05. The molecule has 0 bridgehead atoms. The van der Waals surface area contributed by atoms with Gasteiger partial charge in [-0.1, -0.05) is 32.3 Å². The molecule has 0 amide bonds. The van der Waals surface area contributed by atoms with Crippen molar-refractivity contribution in [1.29, 1.82) is 5.26 Å². The number of rotatable bonds is 5. The van der Waals surface area contributed by atoms with E-state index >= 15 is 0 Å². The monoisotopic (exact) mass is 256 g/mol. The van der Waals surface area contributed by atoms with Crippen molar-refractivity contribution in [1.82, 2.24) is 9.55 Å². The second-order valence-electron chi connectivity index (χ2n) is 4.97. The topological polar surface area (TPSA) is 67.6 Å². The van der Waals surface area contributed by atoms with Crippen LogP contribution in [0.1, 0.15) is 51.1 Å². The molecular weight excluding hydrogens is 236 g/mol. The van der Waals surface area contributed by atoms with Crippen LogP contribution in [0.25, 0.3) is 11.0 Å². The zero-order valence-corrected chi connectivity index (χ0v) is 11.6. The van der Waals surface area contributed by atoms with E-state index in [-0.39, 0.29) is 0 Å². The molecule has 4 nitrogen and oxygen atoms in total. The van der Waals surface area contributed by atoms with Crippen LogP contribution in [0.15, 0.2) is 18.2 Å². The molecule has 0 saturated carbocycles. The molecule has 4 heteroatoms. The van der Waals surface area contributed by atoms with Gasteiger partial charge in [0.05, 0.1) is 11.1 Å². The average Bonchev–Trinajstić information content (AvgIpc) is 2.74. The molecule has 1 atom stereocenters. The maximum absolute atomic E-state index is 9.11. The minimum atomic E-state index is 0.311. The minimum Gasteiger partial charge on any atom is -0.369 e. The number of nitrogen functional groups attached to an aromatic ring is 1. The highest BCUT2D eigenvalue weighted by Crippen LogP contribution is 2.27. The quantitative estimate of drug-likeness (QED) is 0.830. The van der Waals surface area contributed by atoms with Gasteiger partial charge in [0.1, 0.15) is 11.6 Å². The first-order chi connectivity index (χ1) is 9.19. The van der Waals surface area contributed by atoms with Gasteiger partial charge in [-0.2, -0.15) is 5.26 Å². The second-order valence-corrected chi connectivity index (χ2v) is 4.97. The summed E-state index contributed by atoms with van der Waals surface area (Å²) in [4.78, 5) is 4.35. The maximum Gasteiger partial charge on any atom is 0.201 e. The van der Waals surface area contributed by atoms with Gasteiger partial charge in [0, 0.05) is 6.04 Å². The highest BCUT2D eigenvalue weighted by Gasteiger charge is 2.15. The van der Waals surface area contributed by atoms with Crippen LogP contribution < -0.4 is 5.73 Å². The summed E-state index contributed by atoms with van der Waals surface area (Å²) in [6.07, 6.45) is 4.72. The van der Waals surface area contributed by atoms with E-state index in [1.54, 1.807) is 6.07 Å². The zero-order valence-electron chi connectivity index (χ0n) is 11.6. The van der Waals surface area contributed by atoms with Crippen molar-refractivity contribution in [2.75, 3.05) is 5.73 Å². The van der Waals surface area contributed by atoms with E-state index in [4.69, 9.17) is 11.0 Å². The fraction of sp³-hybridized carbons (Fsp3) is 0.467. The zero-order chi connectivity index (χ0) is 13.8.